The molecule has 0 amide bonds. The standard InChI is InChI=1S/C10H13N3S/c1-13(2)10-11-7-9(8-12-10)5-3-4-6-14/h7-8,14H,4,6H2,1-2H3. The summed E-state index contributed by atoms with van der Waals surface area (Å²) >= 11 is 4.07. The van der Waals surface area contributed by atoms with E-state index < -0.39 is 0 Å². The Hall–Kier alpha value is -1.21. The Balaban J connectivity index is 2.70. The minimum absolute atomic E-state index is 0.699. The molecule has 1 aromatic heterocycles. The number of anilines is 1. The third kappa shape index (κ3) is 3.27. The van der Waals surface area contributed by atoms with Gasteiger partial charge in [-0.3, -0.25) is 0 Å². The van der Waals surface area contributed by atoms with Gasteiger partial charge in [-0.25, -0.2) is 9.97 Å². The lowest BCUT2D eigenvalue weighted by atomic mass is 10.3. The Morgan fingerprint density at radius 2 is 2.00 bits per heavy atom. The molecule has 0 saturated carbocycles. The minimum atomic E-state index is 0.699. The van der Waals surface area contributed by atoms with E-state index in [0.29, 0.717) is 5.95 Å². The van der Waals surface area contributed by atoms with Gasteiger partial charge in [-0.1, -0.05) is 11.8 Å². The normalized spacial score (nSPS) is 9.07. The molecule has 0 unspecified atom stereocenters. The van der Waals surface area contributed by atoms with E-state index >= 15 is 0 Å². The lowest BCUT2D eigenvalue weighted by Gasteiger charge is -2.07. The number of aromatic nitrogens is 2. The topological polar surface area (TPSA) is 29.0 Å². The van der Waals surface area contributed by atoms with Crippen LogP contribution >= 0.6 is 12.6 Å². The molecule has 0 aromatic carbocycles. The van der Waals surface area contributed by atoms with Crippen molar-refractivity contribution in [3.63, 3.8) is 0 Å². The van der Waals surface area contributed by atoms with Crippen molar-refractivity contribution in [1.29, 1.82) is 0 Å². The molecule has 0 saturated heterocycles. The van der Waals surface area contributed by atoms with E-state index in [1.54, 1.807) is 12.4 Å². The van der Waals surface area contributed by atoms with E-state index in [-0.39, 0.29) is 0 Å². The smallest absolute Gasteiger partial charge is 0.224 e. The van der Waals surface area contributed by atoms with Crippen LogP contribution in [-0.4, -0.2) is 29.8 Å². The second-order valence-corrected chi connectivity index (χ2v) is 3.39. The molecule has 1 rings (SSSR count). The first-order valence-electron chi connectivity index (χ1n) is 4.33. The third-order valence-corrected chi connectivity index (χ3v) is 1.73. The molecule has 0 N–H and O–H groups in total. The van der Waals surface area contributed by atoms with Crippen LogP contribution in [0.15, 0.2) is 12.4 Å². The largest absolute Gasteiger partial charge is 0.347 e. The van der Waals surface area contributed by atoms with Crippen LogP contribution in [-0.2, 0) is 0 Å². The fraction of sp³-hybridized carbons (Fsp3) is 0.400. The van der Waals surface area contributed by atoms with Gasteiger partial charge in [0.2, 0.25) is 5.95 Å². The fourth-order valence-corrected chi connectivity index (χ4v) is 0.949. The average Bonchev–Trinajstić information content (AvgIpc) is 2.19. The van der Waals surface area contributed by atoms with Crippen molar-refractivity contribution in [2.24, 2.45) is 0 Å². The molecule has 0 bridgehead atoms. The summed E-state index contributed by atoms with van der Waals surface area (Å²) in [5.74, 6) is 7.43. The van der Waals surface area contributed by atoms with Crippen molar-refractivity contribution in [3.05, 3.63) is 18.0 Å². The Bertz CT molecular complexity index is 335. The maximum Gasteiger partial charge on any atom is 0.224 e. The summed E-state index contributed by atoms with van der Waals surface area (Å²) in [6.07, 6.45) is 4.25. The van der Waals surface area contributed by atoms with E-state index in [1.807, 2.05) is 19.0 Å². The van der Waals surface area contributed by atoms with Gasteiger partial charge in [-0.05, 0) is 0 Å². The number of hydrogen-bond donors (Lipinski definition) is 1. The Labute approximate surface area is 90.0 Å². The molecule has 14 heavy (non-hydrogen) atoms. The summed E-state index contributed by atoms with van der Waals surface area (Å²) in [5.41, 5.74) is 0.845. The SMILES string of the molecule is CN(C)c1ncc(C#CCCS)cn1. The summed E-state index contributed by atoms with van der Waals surface area (Å²) in [7, 11) is 3.81. The summed E-state index contributed by atoms with van der Waals surface area (Å²) in [5, 5.41) is 0. The Morgan fingerprint density at radius 3 is 2.50 bits per heavy atom. The van der Waals surface area contributed by atoms with Crippen LogP contribution < -0.4 is 4.90 Å². The molecule has 0 spiro atoms. The van der Waals surface area contributed by atoms with Gasteiger partial charge in [0.05, 0.1) is 5.56 Å². The quantitative estimate of drug-likeness (QED) is 0.584. The fourth-order valence-electron chi connectivity index (χ4n) is 0.837. The van der Waals surface area contributed by atoms with E-state index in [2.05, 4.69) is 34.4 Å². The number of rotatable bonds is 2. The molecule has 3 nitrogen and oxygen atoms in total. The second-order valence-electron chi connectivity index (χ2n) is 2.94. The van der Waals surface area contributed by atoms with Crippen LogP contribution in [0.25, 0.3) is 0 Å². The zero-order chi connectivity index (χ0) is 10.4. The zero-order valence-electron chi connectivity index (χ0n) is 8.36. The molecule has 4 heteroatoms. The summed E-state index contributed by atoms with van der Waals surface area (Å²) in [6.45, 7) is 0. The second kappa shape index (κ2) is 5.51. The predicted octanol–water partition coefficient (Wildman–Crippen LogP) is 1.21. The van der Waals surface area contributed by atoms with Crippen molar-refractivity contribution >= 4 is 18.6 Å². The third-order valence-electron chi connectivity index (χ3n) is 1.51. The Morgan fingerprint density at radius 1 is 1.36 bits per heavy atom. The first-order chi connectivity index (χ1) is 6.74. The minimum Gasteiger partial charge on any atom is -0.347 e. The molecule has 1 aromatic rings. The van der Waals surface area contributed by atoms with E-state index in [4.69, 9.17) is 0 Å². The molecule has 1 heterocycles. The van der Waals surface area contributed by atoms with Crippen LogP contribution in [0.2, 0.25) is 0 Å². The molecule has 0 fully saturated rings. The molecule has 0 atom stereocenters. The summed E-state index contributed by atoms with van der Waals surface area (Å²) in [6, 6.07) is 0. The first kappa shape index (κ1) is 10.9. The molecule has 0 aliphatic rings. The lowest BCUT2D eigenvalue weighted by molar-refractivity contribution is 0.995. The van der Waals surface area contributed by atoms with Gasteiger partial charge in [0.1, 0.15) is 0 Å². The van der Waals surface area contributed by atoms with E-state index in [1.165, 1.54) is 0 Å². The van der Waals surface area contributed by atoms with Crippen molar-refractivity contribution in [2.75, 3.05) is 24.7 Å². The predicted molar refractivity (Wildman–Crippen MR) is 61.7 cm³/mol. The van der Waals surface area contributed by atoms with Crippen molar-refractivity contribution < 1.29 is 0 Å². The monoisotopic (exact) mass is 207 g/mol. The van der Waals surface area contributed by atoms with Crippen molar-refractivity contribution in [1.82, 2.24) is 9.97 Å². The number of thiol groups is 1. The average molecular weight is 207 g/mol. The van der Waals surface area contributed by atoms with Gasteiger partial charge in [0, 0.05) is 38.7 Å². The van der Waals surface area contributed by atoms with Crippen LogP contribution in [0, 0.1) is 11.8 Å². The van der Waals surface area contributed by atoms with Crippen LogP contribution in [0.1, 0.15) is 12.0 Å². The highest BCUT2D eigenvalue weighted by atomic mass is 32.1. The maximum atomic E-state index is 4.15. The van der Waals surface area contributed by atoms with Crippen LogP contribution in [0.4, 0.5) is 5.95 Å². The molecule has 0 aliphatic carbocycles. The van der Waals surface area contributed by atoms with Crippen LogP contribution in [0.3, 0.4) is 0 Å². The highest BCUT2D eigenvalue weighted by molar-refractivity contribution is 7.80. The van der Waals surface area contributed by atoms with Gasteiger partial charge in [0.15, 0.2) is 0 Å². The van der Waals surface area contributed by atoms with Gasteiger partial charge in [-0.2, -0.15) is 12.6 Å². The maximum absolute atomic E-state index is 4.15. The van der Waals surface area contributed by atoms with Crippen LogP contribution in [0.5, 0.6) is 0 Å². The van der Waals surface area contributed by atoms with Gasteiger partial charge in [-0.15, -0.1) is 0 Å². The Kier molecular flexibility index (Phi) is 4.27. The van der Waals surface area contributed by atoms with Gasteiger partial charge < -0.3 is 4.90 Å². The number of hydrogen-bond acceptors (Lipinski definition) is 4. The molecule has 0 radical (unpaired) electrons. The summed E-state index contributed by atoms with van der Waals surface area (Å²) < 4.78 is 0. The highest BCUT2D eigenvalue weighted by Crippen LogP contribution is 2.01. The molecular weight excluding hydrogens is 194 g/mol. The van der Waals surface area contributed by atoms with Crippen molar-refractivity contribution in [2.45, 2.75) is 6.42 Å². The molecule has 0 aliphatic heterocycles. The van der Waals surface area contributed by atoms with E-state index in [0.717, 1.165) is 17.7 Å². The first-order valence-corrected chi connectivity index (χ1v) is 4.96. The van der Waals surface area contributed by atoms with Crippen molar-refractivity contribution in [3.8, 4) is 11.8 Å². The molecular formula is C10H13N3S. The summed E-state index contributed by atoms with van der Waals surface area (Å²) in [4.78, 5) is 10.2. The zero-order valence-corrected chi connectivity index (χ0v) is 9.25. The lowest BCUT2D eigenvalue weighted by Crippen LogP contribution is -2.12. The van der Waals surface area contributed by atoms with Gasteiger partial charge in [0.25, 0.3) is 0 Å². The molecule has 74 valence electrons. The van der Waals surface area contributed by atoms with E-state index in [9.17, 15) is 0 Å². The number of nitrogens with zero attached hydrogens (tertiary/aromatic N) is 3. The highest BCUT2D eigenvalue weighted by Gasteiger charge is 1.96. The van der Waals surface area contributed by atoms with Gasteiger partial charge >= 0.3 is 0 Å².